The van der Waals surface area contributed by atoms with Crippen LogP contribution in [0.2, 0.25) is 0 Å². The lowest BCUT2D eigenvalue weighted by Gasteiger charge is -2.23. The molecule has 114 valence electrons. The van der Waals surface area contributed by atoms with Gasteiger partial charge in [0.1, 0.15) is 0 Å². The van der Waals surface area contributed by atoms with Gasteiger partial charge in [0.15, 0.2) is 0 Å². The molecule has 0 atom stereocenters. The zero-order valence-corrected chi connectivity index (χ0v) is 13.6. The van der Waals surface area contributed by atoms with Gasteiger partial charge in [-0.2, -0.15) is 0 Å². The molecule has 0 saturated heterocycles. The summed E-state index contributed by atoms with van der Waals surface area (Å²) in [4.78, 5) is 8.24. The van der Waals surface area contributed by atoms with Crippen molar-refractivity contribution in [2.24, 2.45) is 0 Å². The quantitative estimate of drug-likeness (QED) is 0.236. The summed E-state index contributed by atoms with van der Waals surface area (Å²) in [7, 11) is 6.86. The molecule has 0 aliphatic heterocycles. The van der Waals surface area contributed by atoms with E-state index in [4.69, 9.17) is 10.2 Å². The second-order valence-corrected chi connectivity index (χ2v) is 6.29. The Morgan fingerprint density at radius 3 is 1.42 bits per heavy atom. The average molecular weight is 270 g/mol. The SMILES string of the molecule is CCCCCCCCCCCC[N+](C)(C)C.[N-]=C=O. The Bertz CT molecular complexity index is 203. The fourth-order valence-corrected chi connectivity index (χ4v) is 2.07. The molecule has 0 heterocycles. The van der Waals surface area contributed by atoms with Gasteiger partial charge in [-0.3, -0.25) is 4.79 Å². The van der Waals surface area contributed by atoms with Crippen LogP contribution in [0.25, 0.3) is 5.41 Å². The normalized spacial score (nSPS) is 10.5. The minimum atomic E-state index is 0.500. The molecule has 0 bridgehead atoms. The molecule has 0 spiro atoms. The predicted octanol–water partition coefficient (Wildman–Crippen LogP) is 4.51. The lowest BCUT2D eigenvalue weighted by molar-refractivity contribution is -0.870. The molecule has 0 aliphatic rings. The highest BCUT2D eigenvalue weighted by atomic mass is 16.1. The minimum Gasteiger partial charge on any atom is -0.724 e. The molecule has 0 aromatic heterocycles. The maximum atomic E-state index is 8.24. The van der Waals surface area contributed by atoms with E-state index in [1.807, 2.05) is 0 Å². The third-order valence-electron chi connectivity index (χ3n) is 3.18. The van der Waals surface area contributed by atoms with Gasteiger partial charge in [0.2, 0.25) is 0 Å². The summed E-state index contributed by atoms with van der Waals surface area (Å²) in [5, 5.41) is 6.76. The molecule has 0 saturated carbocycles. The molecule has 0 amide bonds. The Kier molecular flexibility index (Phi) is 16.7. The highest BCUT2D eigenvalue weighted by Gasteiger charge is 2.04. The lowest BCUT2D eigenvalue weighted by atomic mass is 10.1. The first kappa shape index (κ1) is 20.7. The van der Waals surface area contributed by atoms with E-state index in [1.54, 1.807) is 0 Å². The molecule has 3 heteroatoms. The Labute approximate surface area is 120 Å². The van der Waals surface area contributed by atoms with Crippen LogP contribution < -0.4 is 0 Å². The summed E-state index contributed by atoms with van der Waals surface area (Å²) in [6.07, 6.45) is 14.9. The summed E-state index contributed by atoms with van der Waals surface area (Å²) < 4.78 is 1.12. The van der Waals surface area contributed by atoms with Crippen molar-refractivity contribution in [2.45, 2.75) is 71.1 Å². The lowest BCUT2D eigenvalue weighted by Crippen LogP contribution is -2.35. The first-order valence-electron chi connectivity index (χ1n) is 7.79. The Hall–Kier alpha value is -0.660. The second kappa shape index (κ2) is 15.4. The highest BCUT2D eigenvalue weighted by molar-refractivity contribution is 5.36. The Morgan fingerprint density at radius 2 is 1.11 bits per heavy atom. The van der Waals surface area contributed by atoms with Crippen LogP contribution in [0.3, 0.4) is 0 Å². The molecule has 0 aromatic carbocycles. The molecule has 0 rings (SSSR count). The van der Waals surface area contributed by atoms with Crippen LogP contribution in [0, 0.1) is 0 Å². The van der Waals surface area contributed by atoms with E-state index in [0.717, 1.165) is 4.48 Å². The second-order valence-electron chi connectivity index (χ2n) is 6.29. The molecule has 19 heavy (non-hydrogen) atoms. The van der Waals surface area contributed by atoms with Gasteiger partial charge >= 0.3 is 0 Å². The molecule has 0 aliphatic carbocycles. The van der Waals surface area contributed by atoms with E-state index < -0.39 is 0 Å². The number of hydrogen-bond donors (Lipinski definition) is 0. The molecule has 0 unspecified atom stereocenters. The average Bonchev–Trinajstić information content (AvgIpc) is 2.31. The number of hydrogen-bond acceptors (Lipinski definition) is 1. The van der Waals surface area contributed by atoms with Crippen molar-refractivity contribution in [1.82, 2.24) is 0 Å². The molecule has 0 N–H and O–H groups in total. The van der Waals surface area contributed by atoms with Gasteiger partial charge in [-0.1, -0.05) is 58.3 Å². The van der Waals surface area contributed by atoms with E-state index in [-0.39, 0.29) is 0 Å². The van der Waals surface area contributed by atoms with E-state index in [9.17, 15) is 0 Å². The molecule has 0 radical (unpaired) electrons. The molecular weight excluding hydrogens is 236 g/mol. The number of quaternary nitrogens is 1. The van der Waals surface area contributed by atoms with E-state index in [1.165, 1.54) is 70.8 Å². The Balaban J connectivity index is 0. The van der Waals surface area contributed by atoms with Crippen molar-refractivity contribution in [2.75, 3.05) is 27.7 Å². The van der Waals surface area contributed by atoms with Crippen molar-refractivity contribution < 1.29 is 9.28 Å². The van der Waals surface area contributed by atoms with E-state index >= 15 is 0 Å². The van der Waals surface area contributed by atoms with E-state index in [2.05, 4.69) is 28.1 Å². The number of isocyanates is 1. The van der Waals surface area contributed by atoms with Crippen LogP contribution in [-0.4, -0.2) is 38.3 Å². The molecule has 0 fully saturated rings. The van der Waals surface area contributed by atoms with Crippen LogP contribution in [0.15, 0.2) is 0 Å². The number of nitrogens with zero attached hydrogens (tertiary/aromatic N) is 2. The van der Waals surface area contributed by atoms with Crippen LogP contribution in [0.5, 0.6) is 0 Å². The van der Waals surface area contributed by atoms with Gasteiger partial charge in [-0.05, 0) is 18.9 Å². The standard InChI is InChI=1S/C15H34N.CNO/c1-5-6-7-8-9-10-11-12-13-14-15-16(2,3)4;2-1-3/h5-15H2,1-4H3;/q+1;-1. The van der Waals surface area contributed by atoms with Crippen LogP contribution in [-0.2, 0) is 4.79 Å². The van der Waals surface area contributed by atoms with Crippen molar-refractivity contribution >= 4 is 6.08 Å². The van der Waals surface area contributed by atoms with Crippen molar-refractivity contribution in [3.63, 3.8) is 0 Å². The van der Waals surface area contributed by atoms with Crippen LogP contribution in [0.1, 0.15) is 71.1 Å². The van der Waals surface area contributed by atoms with Crippen LogP contribution >= 0.6 is 0 Å². The largest absolute Gasteiger partial charge is 0.724 e. The third kappa shape index (κ3) is 26.8. The molecule has 3 nitrogen and oxygen atoms in total. The number of rotatable bonds is 11. The maximum absolute atomic E-state index is 8.24. The third-order valence-corrected chi connectivity index (χ3v) is 3.18. The topological polar surface area (TPSA) is 39.4 Å². The highest BCUT2D eigenvalue weighted by Crippen LogP contribution is 2.10. The van der Waals surface area contributed by atoms with Gasteiger partial charge in [-0.25, -0.2) is 0 Å². The zero-order valence-electron chi connectivity index (χ0n) is 13.6. The molecular formula is C16H34N2O. The molecule has 0 aromatic rings. The Morgan fingerprint density at radius 1 is 0.789 bits per heavy atom. The fourth-order valence-electron chi connectivity index (χ4n) is 2.07. The number of carbonyl (C=O) groups excluding carboxylic acids is 1. The summed E-state index contributed by atoms with van der Waals surface area (Å²) >= 11 is 0. The monoisotopic (exact) mass is 270 g/mol. The summed E-state index contributed by atoms with van der Waals surface area (Å²) in [5.74, 6) is 0. The van der Waals surface area contributed by atoms with Gasteiger partial charge in [-0.15, -0.1) is 0 Å². The fraction of sp³-hybridized carbons (Fsp3) is 0.938. The number of unbranched alkanes of at least 4 members (excludes halogenated alkanes) is 9. The summed E-state index contributed by atoms with van der Waals surface area (Å²) in [6.45, 7) is 3.62. The van der Waals surface area contributed by atoms with Crippen LogP contribution in [0.4, 0.5) is 0 Å². The maximum Gasteiger partial charge on any atom is 0.0780 e. The first-order chi connectivity index (χ1) is 8.97. The summed E-state index contributed by atoms with van der Waals surface area (Å²) in [5.41, 5.74) is 0. The van der Waals surface area contributed by atoms with Crippen molar-refractivity contribution in [3.05, 3.63) is 5.41 Å². The smallest absolute Gasteiger partial charge is 0.0780 e. The summed E-state index contributed by atoms with van der Waals surface area (Å²) in [6, 6.07) is 0. The van der Waals surface area contributed by atoms with E-state index in [0.29, 0.717) is 6.08 Å². The van der Waals surface area contributed by atoms with Crippen molar-refractivity contribution in [1.29, 1.82) is 0 Å². The van der Waals surface area contributed by atoms with Gasteiger partial charge in [0.25, 0.3) is 0 Å². The zero-order chi connectivity index (χ0) is 15.0. The van der Waals surface area contributed by atoms with Gasteiger partial charge in [0, 0.05) is 0 Å². The first-order valence-corrected chi connectivity index (χ1v) is 7.79. The van der Waals surface area contributed by atoms with Crippen molar-refractivity contribution in [3.8, 4) is 0 Å². The predicted molar refractivity (Wildman–Crippen MR) is 83.8 cm³/mol. The van der Waals surface area contributed by atoms with Gasteiger partial charge < -0.3 is 9.89 Å². The van der Waals surface area contributed by atoms with Gasteiger partial charge in [0.05, 0.1) is 27.7 Å². The minimum absolute atomic E-state index is 0.500.